The normalized spacial score (nSPS) is 9.09. The summed E-state index contributed by atoms with van der Waals surface area (Å²) < 4.78 is 1.07. The molecule has 0 N–H and O–H groups in total. The van der Waals surface area contributed by atoms with Crippen molar-refractivity contribution in [2.24, 2.45) is 0 Å². The molecule has 0 radical (unpaired) electrons. The third-order valence-corrected chi connectivity index (χ3v) is 2.61. The van der Waals surface area contributed by atoms with Crippen LogP contribution in [0.15, 0.2) is 28.7 Å². The van der Waals surface area contributed by atoms with Crippen LogP contribution >= 0.6 is 27.7 Å². The van der Waals surface area contributed by atoms with Crippen molar-refractivity contribution < 1.29 is 0 Å². The first-order chi connectivity index (χ1) is 5.34. The van der Waals surface area contributed by atoms with E-state index in [1.54, 1.807) is 0 Å². The Morgan fingerprint density at radius 3 is 2.82 bits per heavy atom. The molecule has 0 bridgehead atoms. The van der Waals surface area contributed by atoms with E-state index < -0.39 is 0 Å². The van der Waals surface area contributed by atoms with E-state index in [4.69, 9.17) is 5.26 Å². The molecule has 0 heterocycles. The Labute approximate surface area is 78.5 Å². The molecule has 0 amide bonds. The third kappa shape index (κ3) is 2.57. The van der Waals surface area contributed by atoms with Crippen LogP contribution in [0.25, 0.3) is 0 Å². The van der Waals surface area contributed by atoms with E-state index in [0.717, 1.165) is 10.2 Å². The first-order valence-electron chi connectivity index (χ1n) is 3.09. The van der Waals surface area contributed by atoms with Gasteiger partial charge in [-0.2, -0.15) is 5.26 Å². The molecule has 0 atom stereocenters. The van der Waals surface area contributed by atoms with Gasteiger partial charge in [0.1, 0.15) is 5.40 Å². The summed E-state index contributed by atoms with van der Waals surface area (Å²) in [6.45, 7) is 0. The monoisotopic (exact) mass is 227 g/mol. The minimum Gasteiger partial charge on any atom is -0.185 e. The van der Waals surface area contributed by atoms with E-state index in [0.29, 0.717) is 0 Å². The van der Waals surface area contributed by atoms with E-state index in [9.17, 15) is 0 Å². The molecule has 56 valence electrons. The Morgan fingerprint density at radius 1 is 1.45 bits per heavy atom. The van der Waals surface area contributed by atoms with Gasteiger partial charge in [0.15, 0.2) is 0 Å². The number of thiocyanates is 1. The van der Waals surface area contributed by atoms with Crippen LogP contribution in [0.2, 0.25) is 0 Å². The Kier molecular flexibility index (Phi) is 3.47. The molecular formula is C8H6BrNS. The average Bonchev–Trinajstić information content (AvgIpc) is 2.03. The highest BCUT2D eigenvalue weighted by Gasteiger charge is 1.96. The lowest BCUT2D eigenvalue weighted by molar-refractivity contribution is 1.39. The fourth-order valence-electron chi connectivity index (χ4n) is 0.725. The van der Waals surface area contributed by atoms with Gasteiger partial charge >= 0.3 is 0 Å². The molecule has 1 aromatic rings. The second-order valence-corrected chi connectivity index (χ2v) is 3.59. The fraction of sp³-hybridized carbons (Fsp3) is 0.125. The summed E-state index contributed by atoms with van der Waals surface area (Å²) in [6.07, 6.45) is 0. The zero-order valence-corrected chi connectivity index (χ0v) is 8.15. The molecule has 3 heteroatoms. The van der Waals surface area contributed by atoms with Crippen LogP contribution in [0.1, 0.15) is 5.56 Å². The van der Waals surface area contributed by atoms with Crippen molar-refractivity contribution in [1.29, 1.82) is 5.26 Å². The van der Waals surface area contributed by atoms with Crippen LogP contribution < -0.4 is 0 Å². The molecule has 0 aliphatic heterocycles. The topological polar surface area (TPSA) is 23.8 Å². The van der Waals surface area contributed by atoms with Gasteiger partial charge in [-0.1, -0.05) is 34.1 Å². The largest absolute Gasteiger partial charge is 0.185 e. The Balaban J connectivity index is 2.71. The van der Waals surface area contributed by atoms with Gasteiger partial charge < -0.3 is 0 Å². The van der Waals surface area contributed by atoms with Crippen molar-refractivity contribution in [2.75, 3.05) is 0 Å². The standard InChI is InChI=1S/C8H6BrNS/c9-8-4-2-1-3-7(8)5-11-6-10/h1-4H,5H2. The molecule has 1 nitrogen and oxygen atoms in total. The molecule has 11 heavy (non-hydrogen) atoms. The Morgan fingerprint density at radius 2 is 2.18 bits per heavy atom. The van der Waals surface area contributed by atoms with E-state index >= 15 is 0 Å². The highest BCUT2D eigenvalue weighted by Crippen LogP contribution is 2.20. The molecule has 1 aromatic carbocycles. The maximum atomic E-state index is 8.32. The smallest absolute Gasteiger partial charge is 0.133 e. The van der Waals surface area contributed by atoms with Gasteiger partial charge in [0.05, 0.1) is 0 Å². The van der Waals surface area contributed by atoms with Crippen molar-refractivity contribution in [1.82, 2.24) is 0 Å². The van der Waals surface area contributed by atoms with Crippen LogP contribution in [0, 0.1) is 10.7 Å². The summed E-state index contributed by atoms with van der Waals surface area (Å²) in [4.78, 5) is 0. The molecule has 0 fully saturated rings. The van der Waals surface area contributed by atoms with E-state index in [2.05, 4.69) is 15.9 Å². The van der Waals surface area contributed by atoms with Crippen molar-refractivity contribution in [3.05, 3.63) is 34.3 Å². The van der Waals surface area contributed by atoms with Gasteiger partial charge in [-0.15, -0.1) is 0 Å². The van der Waals surface area contributed by atoms with Gasteiger partial charge in [0.25, 0.3) is 0 Å². The van der Waals surface area contributed by atoms with Crippen LogP contribution in [0.4, 0.5) is 0 Å². The lowest BCUT2D eigenvalue weighted by atomic mass is 10.2. The highest BCUT2D eigenvalue weighted by atomic mass is 79.9. The molecule has 0 aliphatic rings. The number of nitriles is 1. The van der Waals surface area contributed by atoms with Crippen molar-refractivity contribution in [3.8, 4) is 5.40 Å². The molecular weight excluding hydrogens is 222 g/mol. The molecule has 0 aromatic heterocycles. The van der Waals surface area contributed by atoms with Gasteiger partial charge in [-0.25, -0.2) is 0 Å². The summed E-state index contributed by atoms with van der Waals surface area (Å²) in [6, 6.07) is 7.92. The number of halogens is 1. The van der Waals surface area contributed by atoms with Crippen LogP contribution in [0.5, 0.6) is 0 Å². The summed E-state index contributed by atoms with van der Waals surface area (Å²) in [7, 11) is 0. The lowest BCUT2D eigenvalue weighted by Gasteiger charge is -1.98. The van der Waals surface area contributed by atoms with E-state index in [1.165, 1.54) is 17.3 Å². The predicted octanol–water partition coefficient (Wildman–Crippen LogP) is 3.16. The molecule has 0 saturated carbocycles. The first-order valence-corrected chi connectivity index (χ1v) is 4.86. The van der Waals surface area contributed by atoms with Crippen LogP contribution in [-0.4, -0.2) is 0 Å². The Bertz CT molecular complexity index is 280. The number of nitrogens with zero attached hydrogens (tertiary/aromatic N) is 1. The maximum absolute atomic E-state index is 8.32. The Hall–Kier alpha value is -0.460. The van der Waals surface area contributed by atoms with E-state index in [1.807, 2.05) is 29.7 Å². The van der Waals surface area contributed by atoms with E-state index in [-0.39, 0.29) is 0 Å². The fourth-order valence-corrected chi connectivity index (χ4v) is 1.81. The zero-order valence-electron chi connectivity index (χ0n) is 5.75. The van der Waals surface area contributed by atoms with Crippen LogP contribution in [-0.2, 0) is 5.75 Å². The maximum Gasteiger partial charge on any atom is 0.133 e. The van der Waals surface area contributed by atoms with Crippen molar-refractivity contribution in [3.63, 3.8) is 0 Å². The highest BCUT2D eigenvalue weighted by molar-refractivity contribution is 9.10. The number of rotatable bonds is 2. The predicted molar refractivity (Wildman–Crippen MR) is 51.1 cm³/mol. The SMILES string of the molecule is N#CSCc1ccccc1Br. The first kappa shape index (κ1) is 8.63. The molecule has 0 unspecified atom stereocenters. The number of hydrogen-bond donors (Lipinski definition) is 0. The van der Waals surface area contributed by atoms with Gasteiger partial charge in [-0.05, 0) is 23.4 Å². The minimum atomic E-state index is 0.748. The van der Waals surface area contributed by atoms with Crippen LogP contribution in [0.3, 0.4) is 0 Å². The quantitative estimate of drug-likeness (QED) is 0.726. The number of benzene rings is 1. The summed E-state index contributed by atoms with van der Waals surface area (Å²) in [5.74, 6) is 0.748. The number of thioether (sulfide) groups is 1. The molecule has 0 aliphatic carbocycles. The lowest BCUT2D eigenvalue weighted by Crippen LogP contribution is -1.79. The minimum absolute atomic E-state index is 0.748. The second kappa shape index (κ2) is 4.42. The van der Waals surface area contributed by atoms with Crippen molar-refractivity contribution >= 4 is 27.7 Å². The summed E-state index contributed by atoms with van der Waals surface area (Å²) in [5, 5.41) is 10.4. The number of hydrogen-bond acceptors (Lipinski definition) is 2. The zero-order chi connectivity index (χ0) is 8.10. The van der Waals surface area contributed by atoms with Gasteiger partial charge in [0.2, 0.25) is 0 Å². The van der Waals surface area contributed by atoms with Gasteiger partial charge in [0, 0.05) is 10.2 Å². The summed E-state index contributed by atoms with van der Waals surface area (Å²) >= 11 is 4.65. The van der Waals surface area contributed by atoms with Gasteiger partial charge in [-0.3, -0.25) is 0 Å². The second-order valence-electron chi connectivity index (χ2n) is 1.97. The average molecular weight is 228 g/mol. The third-order valence-electron chi connectivity index (χ3n) is 1.25. The van der Waals surface area contributed by atoms with Crippen molar-refractivity contribution in [2.45, 2.75) is 5.75 Å². The molecule has 0 saturated heterocycles. The summed E-state index contributed by atoms with van der Waals surface area (Å²) in [5.41, 5.74) is 1.17. The molecule has 1 rings (SSSR count). The molecule has 0 spiro atoms.